The Labute approximate surface area is 116 Å². The normalized spacial score (nSPS) is 18.6. The molecular formula is C17H22O2. The molecule has 2 rings (SSSR count). The van der Waals surface area contributed by atoms with E-state index in [4.69, 9.17) is 9.47 Å². The van der Waals surface area contributed by atoms with Gasteiger partial charge in [-0.15, -0.1) is 5.92 Å². The largest absolute Gasteiger partial charge is 0.353 e. The predicted octanol–water partition coefficient (Wildman–Crippen LogP) is 3.56. The molecule has 1 aliphatic heterocycles. The minimum Gasteiger partial charge on any atom is -0.353 e. The number of aryl methyl sites for hydroxylation is 1. The van der Waals surface area contributed by atoms with E-state index in [-0.39, 0.29) is 6.29 Å². The minimum atomic E-state index is -0.0210. The van der Waals surface area contributed by atoms with Crippen LogP contribution in [0.1, 0.15) is 37.7 Å². The van der Waals surface area contributed by atoms with Crippen molar-refractivity contribution >= 4 is 0 Å². The second-order valence-electron chi connectivity index (χ2n) is 4.80. The van der Waals surface area contributed by atoms with Gasteiger partial charge >= 0.3 is 0 Å². The molecule has 0 spiro atoms. The second-order valence-corrected chi connectivity index (χ2v) is 4.80. The molecular weight excluding hydrogens is 236 g/mol. The lowest BCUT2D eigenvalue weighted by Gasteiger charge is -2.21. The van der Waals surface area contributed by atoms with E-state index in [1.54, 1.807) is 0 Å². The third-order valence-electron chi connectivity index (χ3n) is 3.21. The second kappa shape index (κ2) is 8.74. The lowest BCUT2D eigenvalue weighted by molar-refractivity contribution is -0.154. The average Bonchev–Trinajstić information content (AvgIpc) is 2.48. The highest BCUT2D eigenvalue weighted by molar-refractivity contribution is 5.14. The predicted molar refractivity (Wildman–Crippen MR) is 76.7 cm³/mol. The van der Waals surface area contributed by atoms with Gasteiger partial charge in [0.25, 0.3) is 0 Å². The molecule has 19 heavy (non-hydrogen) atoms. The van der Waals surface area contributed by atoms with Gasteiger partial charge in [0.05, 0.1) is 0 Å². The maximum atomic E-state index is 5.55. The molecule has 1 atom stereocenters. The van der Waals surface area contributed by atoms with Gasteiger partial charge in [0, 0.05) is 13.0 Å². The standard InChI is InChI=1S/C17H22O2/c1(4-10-16-11-5-3-6-12-16)2-8-14-18-17-13-7-9-15-19-17/h3,5-6,11-12,17H,1,4,7,9-10,13-15H2/t17-/m0/s1. The summed E-state index contributed by atoms with van der Waals surface area (Å²) in [6.45, 7) is 1.32. The Bertz CT molecular complexity index is 396. The van der Waals surface area contributed by atoms with E-state index in [1.165, 1.54) is 12.0 Å². The lowest BCUT2D eigenvalue weighted by Crippen LogP contribution is -2.22. The molecule has 0 unspecified atom stereocenters. The number of ether oxygens (including phenoxy) is 2. The van der Waals surface area contributed by atoms with Gasteiger partial charge in [-0.25, -0.2) is 0 Å². The van der Waals surface area contributed by atoms with E-state index in [0.717, 1.165) is 38.7 Å². The number of hydrogen-bond acceptors (Lipinski definition) is 2. The van der Waals surface area contributed by atoms with Crippen LogP contribution in [-0.4, -0.2) is 19.5 Å². The van der Waals surface area contributed by atoms with Crippen LogP contribution in [0.3, 0.4) is 0 Å². The van der Waals surface area contributed by atoms with E-state index < -0.39 is 0 Å². The molecule has 0 amide bonds. The van der Waals surface area contributed by atoms with Crippen LogP contribution >= 0.6 is 0 Å². The van der Waals surface area contributed by atoms with Gasteiger partial charge in [0.1, 0.15) is 6.61 Å². The summed E-state index contributed by atoms with van der Waals surface area (Å²) < 4.78 is 11.0. The van der Waals surface area contributed by atoms with Crippen LogP contribution in [0.15, 0.2) is 30.3 Å². The van der Waals surface area contributed by atoms with Crippen molar-refractivity contribution in [3.8, 4) is 11.8 Å². The molecule has 0 aromatic heterocycles. The van der Waals surface area contributed by atoms with Gasteiger partial charge in [-0.05, 0) is 37.7 Å². The van der Waals surface area contributed by atoms with Crippen molar-refractivity contribution in [2.45, 2.75) is 44.8 Å². The molecule has 1 aliphatic rings. The molecule has 1 heterocycles. The van der Waals surface area contributed by atoms with Crippen LogP contribution < -0.4 is 0 Å². The fourth-order valence-electron chi connectivity index (χ4n) is 2.14. The SMILES string of the molecule is C(#CCO[C@@H]1CCCCO1)CCCc1ccccc1. The molecule has 0 bridgehead atoms. The number of benzene rings is 1. The van der Waals surface area contributed by atoms with Crippen molar-refractivity contribution in [3.63, 3.8) is 0 Å². The molecule has 1 fully saturated rings. The molecule has 0 radical (unpaired) electrons. The highest BCUT2D eigenvalue weighted by Gasteiger charge is 2.12. The van der Waals surface area contributed by atoms with Crippen LogP contribution in [0.5, 0.6) is 0 Å². The van der Waals surface area contributed by atoms with Crippen molar-refractivity contribution in [2.75, 3.05) is 13.2 Å². The highest BCUT2D eigenvalue weighted by atomic mass is 16.7. The Morgan fingerprint density at radius 3 is 2.84 bits per heavy atom. The van der Waals surface area contributed by atoms with Gasteiger partial charge in [0.15, 0.2) is 6.29 Å². The average molecular weight is 258 g/mol. The summed E-state index contributed by atoms with van der Waals surface area (Å²) in [6.07, 6.45) is 6.49. The third kappa shape index (κ3) is 5.92. The Hall–Kier alpha value is -1.30. The Balaban J connectivity index is 1.52. The molecule has 0 saturated carbocycles. The lowest BCUT2D eigenvalue weighted by atomic mass is 10.1. The summed E-state index contributed by atoms with van der Waals surface area (Å²) in [5.74, 6) is 6.23. The van der Waals surface area contributed by atoms with E-state index in [9.17, 15) is 0 Å². The zero-order chi connectivity index (χ0) is 13.2. The van der Waals surface area contributed by atoms with Gasteiger partial charge in [-0.3, -0.25) is 0 Å². The van der Waals surface area contributed by atoms with Crippen molar-refractivity contribution in [3.05, 3.63) is 35.9 Å². The van der Waals surface area contributed by atoms with Gasteiger partial charge in [-0.2, -0.15) is 0 Å². The van der Waals surface area contributed by atoms with Crippen molar-refractivity contribution < 1.29 is 9.47 Å². The van der Waals surface area contributed by atoms with Crippen molar-refractivity contribution in [1.82, 2.24) is 0 Å². The Morgan fingerprint density at radius 1 is 1.16 bits per heavy atom. The zero-order valence-corrected chi connectivity index (χ0v) is 11.4. The summed E-state index contributed by atoms with van der Waals surface area (Å²) in [5, 5.41) is 0. The number of rotatable bonds is 5. The summed E-state index contributed by atoms with van der Waals surface area (Å²) >= 11 is 0. The maximum absolute atomic E-state index is 5.55. The summed E-state index contributed by atoms with van der Waals surface area (Å²) in [7, 11) is 0. The zero-order valence-electron chi connectivity index (χ0n) is 11.4. The molecule has 102 valence electrons. The van der Waals surface area contributed by atoms with Gasteiger partial charge in [-0.1, -0.05) is 36.3 Å². The van der Waals surface area contributed by atoms with Crippen molar-refractivity contribution in [2.24, 2.45) is 0 Å². The molecule has 1 aromatic carbocycles. The first-order valence-corrected chi connectivity index (χ1v) is 7.18. The third-order valence-corrected chi connectivity index (χ3v) is 3.21. The molecule has 2 heteroatoms. The molecule has 1 saturated heterocycles. The highest BCUT2D eigenvalue weighted by Crippen LogP contribution is 2.13. The van der Waals surface area contributed by atoms with Crippen LogP contribution in [0.4, 0.5) is 0 Å². The summed E-state index contributed by atoms with van der Waals surface area (Å²) in [6, 6.07) is 10.5. The minimum absolute atomic E-state index is 0.0210. The van der Waals surface area contributed by atoms with Gasteiger partial charge < -0.3 is 9.47 Å². The maximum Gasteiger partial charge on any atom is 0.158 e. The van der Waals surface area contributed by atoms with E-state index in [0.29, 0.717) is 6.61 Å². The fourth-order valence-corrected chi connectivity index (χ4v) is 2.14. The molecule has 1 aromatic rings. The van der Waals surface area contributed by atoms with E-state index in [2.05, 4.69) is 36.1 Å². The first-order valence-electron chi connectivity index (χ1n) is 7.18. The van der Waals surface area contributed by atoms with Crippen LogP contribution in [0.25, 0.3) is 0 Å². The van der Waals surface area contributed by atoms with Gasteiger partial charge in [0.2, 0.25) is 0 Å². The molecule has 0 N–H and O–H groups in total. The first-order chi connectivity index (χ1) is 9.45. The van der Waals surface area contributed by atoms with E-state index >= 15 is 0 Å². The fraction of sp³-hybridized carbons (Fsp3) is 0.529. The number of unbranched alkanes of at least 4 members (excludes halogenated alkanes) is 1. The topological polar surface area (TPSA) is 18.5 Å². The number of hydrogen-bond donors (Lipinski definition) is 0. The molecule has 2 nitrogen and oxygen atoms in total. The van der Waals surface area contributed by atoms with Crippen LogP contribution in [0.2, 0.25) is 0 Å². The quantitative estimate of drug-likeness (QED) is 0.594. The monoisotopic (exact) mass is 258 g/mol. The van der Waals surface area contributed by atoms with Crippen molar-refractivity contribution in [1.29, 1.82) is 0 Å². The summed E-state index contributed by atoms with van der Waals surface area (Å²) in [5.41, 5.74) is 1.39. The first kappa shape index (κ1) is 14.1. The Kier molecular flexibility index (Phi) is 6.49. The molecule has 0 aliphatic carbocycles. The van der Waals surface area contributed by atoms with Crippen LogP contribution in [0, 0.1) is 11.8 Å². The van der Waals surface area contributed by atoms with Crippen LogP contribution in [-0.2, 0) is 15.9 Å². The van der Waals surface area contributed by atoms with E-state index in [1.807, 2.05) is 6.07 Å². The Morgan fingerprint density at radius 2 is 2.05 bits per heavy atom. The summed E-state index contributed by atoms with van der Waals surface area (Å²) in [4.78, 5) is 0. The smallest absolute Gasteiger partial charge is 0.158 e.